The van der Waals surface area contributed by atoms with E-state index in [1.54, 1.807) is 0 Å². The Morgan fingerprint density at radius 3 is 0.578 bits per heavy atom. The fraction of sp³-hybridized carbons (Fsp3) is 0.806. The van der Waals surface area contributed by atoms with Crippen LogP contribution in [0.4, 0.5) is 0 Å². The molecule has 264 valence electrons. The van der Waals surface area contributed by atoms with Crippen molar-refractivity contribution in [2.45, 2.75) is 164 Å². The van der Waals surface area contributed by atoms with Crippen molar-refractivity contribution in [3.8, 4) is 0 Å². The van der Waals surface area contributed by atoms with Gasteiger partial charge in [-0.25, -0.2) is 0 Å². The molecule has 1 aliphatic carbocycles. The van der Waals surface area contributed by atoms with Gasteiger partial charge in [-0.15, -0.1) is 6.92 Å². The van der Waals surface area contributed by atoms with E-state index in [9.17, 15) is 0 Å². The summed E-state index contributed by atoms with van der Waals surface area (Å²) >= 11 is 0. The van der Waals surface area contributed by atoms with Gasteiger partial charge in [0, 0.05) is 0 Å². The molecule has 0 aliphatic heterocycles. The summed E-state index contributed by atoms with van der Waals surface area (Å²) in [6.07, 6.45) is 10.3. The first-order valence-corrected chi connectivity index (χ1v) is 43.8. The average Bonchev–Trinajstić information content (AvgIpc) is 2.51. The molecular formula is C31H80N4Si8U2. The van der Waals surface area contributed by atoms with Gasteiger partial charge in [0.25, 0.3) is 0 Å². The van der Waals surface area contributed by atoms with E-state index >= 15 is 0 Å². The van der Waals surface area contributed by atoms with Crippen LogP contribution in [0.1, 0.15) is 6.92 Å². The Balaban J connectivity index is -0.000000105. The van der Waals surface area contributed by atoms with E-state index in [-0.39, 0.29) is 62.2 Å². The first kappa shape index (κ1) is 60.0. The quantitative estimate of drug-likeness (QED) is 0.172. The molecule has 0 N–H and O–H groups in total. The van der Waals surface area contributed by atoms with Crippen LogP contribution in [0.3, 0.4) is 0 Å². The maximum atomic E-state index is 4.82. The van der Waals surface area contributed by atoms with E-state index in [0.717, 1.165) is 0 Å². The molecule has 0 saturated heterocycles. The predicted octanol–water partition coefficient (Wildman–Crippen LogP) is 14.0. The van der Waals surface area contributed by atoms with Gasteiger partial charge in [0.1, 0.15) is 0 Å². The Labute approximate surface area is 343 Å². The van der Waals surface area contributed by atoms with Gasteiger partial charge >= 0.3 is 62.2 Å². The van der Waals surface area contributed by atoms with Crippen molar-refractivity contribution in [2.24, 2.45) is 0 Å². The molecule has 0 amide bonds. The van der Waals surface area contributed by atoms with Crippen molar-refractivity contribution in [1.82, 2.24) is 0 Å². The second-order valence-electron chi connectivity index (χ2n) is 19.5. The number of allylic oxidation sites excluding steroid dienone is 4. The van der Waals surface area contributed by atoms with Gasteiger partial charge in [-0.1, -0.05) is 223 Å². The number of nitrogens with zero attached hydrogens (tertiary/aromatic N) is 4. The van der Waals surface area contributed by atoms with Crippen molar-refractivity contribution in [2.75, 3.05) is 0 Å². The van der Waals surface area contributed by atoms with E-state index < -0.39 is 65.9 Å². The molecule has 14 heteroatoms. The normalized spacial score (nSPS) is 13.8. The van der Waals surface area contributed by atoms with Crippen LogP contribution in [0.2, 0.25) is 157 Å². The summed E-state index contributed by atoms with van der Waals surface area (Å²) in [6, 6.07) is 0. The molecule has 0 aromatic carbocycles. The van der Waals surface area contributed by atoms with Crippen LogP contribution < -0.4 is 0 Å². The van der Waals surface area contributed by atoms with Gasteiger partial charge in [0.05, 0.1) is 0 Å². The number of rotatable bonds is 8. The molecule has 45 heavy (non-hydrogen) atoms. The SMILES string of the molecule is CC1=C[CH-]C=C[CH-]1.C[Si](C)(C)[N-][Si](C)(C)C.C[Si](C)(C)[N-][Si](C)(C)C.C[Si](C)(C)[N-][Si](C)(C)C.C[Si](C)(C)[N-][Si](C)(C)C.[U+3].[U+3]. The maximum absolute atomic E-state index is 4.82. The molecule has 2 radical (unpaired) electrons. The second-order valence-corrected chi connectivity index (χ2v) is 57.8. The minimum atomic E-state index is -1.11. The molecule has 0 aromatic rings. The summed E-state index contributed by atoms with van der Waals surface area (Å²) in [5.41, 5.74) is 1.32. The minimum Gasteiger partial charge on any atom is -0.668 e. The Kier molecular flexibility index (Phi) is 33.3. The van der Waals surface area contributed by atoms with E-state index in [2.05, 4.69) is 177 Å². The van der Waals surface area contributed by atoms with Crippen molar-refractivity contribution >= 4 is 65.9 Å². The maximum Gasteiger partial charge on any atom is 3.00 e. The monoisotopic (exact) mass is 1210 g/mol. The molecule has 1 rings (SSSR count). The smallest absolute Gasteiger partial charge is 0.668 e. The zero-order valence-electron chi connectivity index (χ0n) is 35.2. The molecule has 0 atom stereocenters. The third-order valence-corrected chi connectivity index (χ3v) is 25.1. The van der Waals surface area contributed by atoms with Gasteiger partial charge in [0.15, 0.2) is 0 Å². The molecule has 0 saturated carbocycles. The summed E-state index contributed by atoms with van der Waals surface area (Å²) in [6.45, 7) is 57.2. The molecule has 0 aromatic heterocycles. The van der Waals surface area contributed by atoms with E-state index in [4.69, 9.17) is 18.6 Å². The molecule has 0 unspecified atom stereocenters. The first-order chi connectivity index (χ1) is 18.2. The largest absolute Gasteiger partial charge is 3.00 e. The molecule has 1 aliphatic rings. The van der Waals surface area contributed by atoms with Gasteiger partial charge in [-0.2, -0.15) is 0 Å². The van der Waals surface area contributed by atoms with Crippen molar-refractivity contribution in [1.29, 1.82) is 0 Å². The van der Waals surface area contributed by atoms with Crippen LogP contribution in [-0.4, -0.2) is 65.9 Å². The van der Waals surface area contributed by atoms with Crippen LogP contribution in [0, 0.1) is 75.1 Å². The second kappa shape index (κ2) is 25.0. The van der Waals surface area contributed by atoms with Crippen LogP contribution in [-0.2, 0) is 0 Å². The summed E-state index contributed by atoms with van der Waals surface area (Å²) in [4.78, 5) is 0. The van der Waals surface area contributed by atoms with Crippen molar-refractivity contribution in [3.63, 3.8) is 0 Å². The molecule has 0 spiro atoms. The molecular weight excluding hydrogens is 1130 g/mol. The fourth-order valence-corrected chi connectivity index (χ4v) is 36.8. The third-order valence-electron chi connectivity index (χ3n) is 3.62. The summed E-state index contributed by atoms with van der Waals surface area (Å²) in [7, 11) is -8.85. The molecule has 4 nitrogen and oxygen atoms in total. The summed E-state index contributed by atoms with van der Waals surface area (Å²) < 4.78 is 19.3. The predicted molar refractivity (Wildman–Crippen MR) is 232 cm³/mol. The molecule has 0 fully saturated rings. The average molecular weight is 1210 g/mol. The van der Waals surface area contributed by atoms with Gasteiger partial charge in [0.2, 0.25) is 0 Å². The van der Waals surface area contributed by atoms with E-state index in [1.807, 2.05) is 18.6 Å². The van der Waals surface area contributed by atoms with Crippen LogP contribution in [0.25, 0.3) is 18.6 Å². The zero-order chi connectivity index (χ0) is 35.9. The topological polar surface area (TPSA) is 56.4 Å². The summed E-state index contributed by atoms with van der Waals surface area (Å²) in [5, 5.41) is 0. The van der Waals surface area contributed by atoms with Crippen LogP contribution >= 0.6 is 0 Å². The minimum absolute atomic E-state index is 0. The first-order valence-electron chi connectivity index (χ1n) is 16.2. The number of hydrogen-bond donors (Lipinski definition) is 0. The Bertz CT molecular complexity index is 634. The van der Waals surface area contributed by atoms with Gasteiger partial charge in [-0.05, 0) is 0 Å². The van der Waals surface area contributed by atoms with E-state index in [1.165, 1.54) is 5.57 Å². The van der Waals surface area contributed by atoms with Gasteiger partial charge in [-0.3, -0.25) is 36.6 Å². The standard InChI is InChI=1S/C7H8.4C6H18NSi2.2U/c1-7-5-3-2-4-6-7;4*1-8(2,3)7-9(4,5)6;;/h2-6H,1H3;4*1-6H3;;/q-2;4*-1;2*+3. The van der Waals surface area contributed by atoms with Gasteiger partial charge < -0.3 is 18.6 Å². The number of hydrogen-bond acceptors (Lipinski definition) is 0. The van der Waals surface area contributed by atoms with Crippen LogP contribution in [0.15, 0.2) is 23.8 Å². The summed E-state index contributed by atoms with van der Waals surface area (Å²) in [5.74, 6) is 0. The van der Waals surface area contributed by atoms with Crippen molar-refractivity contribution in [3.05, 3.63) is 55.2 Å². The zero-order valence-corrected chi connectivity index (χ0v) is 51.5. The molecule has 0 bridgehead atoms. The van der Waals surface area contributed by atoms with Crippen molar-refractivity contribution < 1.29 is 62.2 Å². The fourth-order valence-electron chi connectivity index (χ4n) is 4.56. The Morgan fingerprint density at radius 1 is 0.356 bits per heavy atom. The molecule has 0 heterocycles. The Hall–Kier alpha value is 2.90. The Morgan fingerprint density at radius 2 is 0.533 bits per heavy atom. The third kappa shape index (κ3) is 77.6. The van der Waals surface area contributed by atoms with E-state index in [0.29, 0.717) is 0 Å². The van der Waals surface area contributed by atoms with Crippen LogP contribution in [0.5, 0.6) is 0 Å².